The van der Waals surface area contributed by atoms with Gasteiger partial charge in [-0.1, -0.05) is 30.3 Å². The summed E-state index contributed by atoms with van der Waals surface area (Å²) >= 11 is 0. The van der Waals surface area contributed by atoms with Crippen LogP contribution in [0.15, 0.2) is 60.7 Å². The first kappa shape index (κ1) is 17.5. The topological polar surface area (TPSA) is 56.2 Å². The van der Waals surface area contributed by atoms with E-state index in [9.17, 15) is 18.0 Å². The van der Waals surface area contributed by atoms with E-state index in [2.05, 4.69) is 10.4 Å². The molecule has 0 bridgehead atoms. The minimum Gasteiger partial charge on any atom is -0.437 e. The van der Waals surface area contributed by atoms with Crippen molar-refractivity contribution in [2.75, 3.05) is 5.32 Å². The number of halogens is 3. The number of ether oxygens (including phenoxy) is 1. The molecule has 134 valence electrons. The van der Waals surface area contributed by atoms with Gasteiger partial charge in [-0.05, 0) is 31.2 Å². The quantitative estimate of drug-likeness (QED) is 0.707. The smallest absolute Gasteiger partial charge is 0.419 e. The number of anilines is 1. The van der Waals surface area contributed by atoms with Gasteiger partial charge in [0, 0.05) is 11.8 Å². The van der Waals surface area contributed by atoms with E-state index >= 15 is 0 Å². The maximum absolute atomic E-state index is 13.0. The lowest BCUT2D eigenvalue weighted by atomic mass is 10.2. The molecule has 0 saturated heterocycles. The van der Waals surface area contributed by atoms with Gasteiger partial charge >= 0.3 is 12.2 Å². The number of para-hydroxylation sites is 2. The molecule has 26 heavy (non-hydrogen) atoms. The van der Waals surface area contributed by atoms with Gasteiger partial charge in [0.05, 0.1) is 11.3 Å². The minimum absolute atomic E-state index is 0.109. The Balaban J connectivity index is 1.82. The van der Waals surface area contributed by atoms with Crippen molar-refractivity contribution in [3.05, 3.63) is 71.9 Å². The van der Waals surface area contributed by atoms with Gasteiger partial charge in [-0.2, -0.15) is 17.9 Å². The summed E-state index contributed by atoms with van der Waals surface area (Å²) in [5.74, 6) is -0.490. The average Bonchev–Trinajstić information content (AvgIpc) is 2.96. The summed E-state index contributed by atoms with van der Waals surface area (Å²) in [6.07, 6.45) is -4.56. The van der Waals surface area contributed by atoms with Gasteiger partial charge in [0.2, 0.25) is 5.88 Å². The van der Waals surface area contributed by atoms with Crippen LogP contribution in [0.25, 0.3) is 0 Å². The first-order valence-corrected chi connectivity index (χ1v) is 7.62. The Hall–Kier alpha value is -3.29. The standard InChI is InChI=1S/C18H14F3N3O2/c1-12-11-16(26-15-10-6-5-9-14(15)18(19,20)21)23-24(12)17(25)22-13-7-3-2-4-8-13/h2-11H,1H3,(H,22,25). The number of nitrogens with one attached hydrogen (secondary N) is 1. The van der Waals surface area contributed by atoms with Gasteiger partial charge in [0.15, 0.2) is 0 Å². The number of rotatable bonds is 3. The van der Waals surface area contributed by atoms with E-state index in [1.807, 2.05) is 0 Å². The first-order valence-electron chi connectivity index (χ1n) is 7.62. The molecule has 5 nitrogen and oxygen atoms in total. The SMILES string of the molecule is Cc1cc(Oc2ccccc2C(F)(F)F)nn1C(=O)Nc1ccccc1. The van der Waals surface area contributed by atoms with Crippen molar-refractivity contribution in [2.45, 2.75) is 13.1 Å². The van der Waals surface area contributed by atoms with Crippen LogP contribution in [0.5, 0.6) is 11.6 Å². The number of carbonyl (C=O) groups excluding carboxylic acids is 1. The predicted octanol–water partition coefficient (Wildman–Crippen LogP) is 5.08. The maximum atomic E-state index is 13.0. The van der Waals surface area contributed by atoms with Crippen LogP contribution >= 0.6 is 0 Å². The Labute approximate surface area is 147 Å². The van der Waals surface area contributed by atoms with E-state index in [1.165, 1.54) is 24.3 Å². The Morgan fingerprint density at radius 2 is 1.73 bits per heavy atom. The number of benzene rings is 2. The highest BCUT2D eigenvalue weighted by molar-refractivity contribution is 5.90. The zero-order chi connectivity index (χ0) is 18.7. The molecule has 0 spiro atoms. The molecule has 1 heterocycles. The van der Waals surface area contributed by atoms with Crippen LogP contribution in [-0.2, 0) is 6.18 Å². The molecule has 3 aromatic rings. The average molecular weight is 361 g/mol. The third kappa shape index (κ3) is 3.85. The van der Waals surface area contributed by atoms with Gasteiger partial charge < -0.3 is 10.1 Å². The Morgan fingerprint density at radius 1 is 1.08 bits per heavy atom. The number of hydrogen-bond donors (Lipinski definition) is 1. The van der Waals surface area contributed by atoms with Gasteiger partial charge in [-0.15, -0.1) is 5.10 Å². The van der Waals surface area contributed by atoms with E-state index in [-0.39, 0.29) is 11.6 Å². The predicted molar refractivity (Wildman–Crippen MR) is 89.3 cm³/mol. The fourth-order valence-electron chi connectivity index (χ4n) is 2.30. The van der Waals surface area contributed by atoms with E-state index < -0.39 is 17.8 Å². The van der Waals surface area contributed by atoms with Crippen molar-refractivity contribution in [3.8, 4) is 11.6 Å². The zero-order valence-corrected chi connectivity index (χ0v) is 13.6. The number of hydrogen-bond acceptors (Lipinski definition) is 3. The molecule has 1 N–H and O–H groups in total. The van der Waals surface area contributed by atoms with E-state index in [0.29, 0.717) is 11.4 Å². The maximum Gasteiger partial charge on any atom is 0.419 e. The molecule has 8 heteroatoms. The number of aromatic nitrogens is 2. The molecule has 0 unspecified atom stereocenters. The zero-order valence-electron chi connectivity index (χ0n) is 13.6. The van der Waals surface area contributed by atoms with Crippen LogP contribution in [0.1, 0.15) is 11.3 Å². The van der Waals surface area contributed by atoms with Crippen LogP contribution in [0.3, 0.4) is 0 Å². The third-order valence-electron chi connectivity index (χ3n) is 3.49. The highest BCUT2D eigenvalue weighted by Gasteiger charge is 2.34. The fraction of sp³-hybridized carbons (Fsp3) is 0.111. The molecule has 0 atom stereocenters. The van der Waals surface area contributed by atoms with Crippen molar-refractivity contribution in [1.82, 2.24) is 9.78 Å². The van der Waals surface area contributed by atoms with Crippen molar-refractivity contribution >= 4 is 11.7 Å². The fourth-order valence-corrected chi connectivity index (χ4v) is 2.30. The highest BCUT2D eigenvalue weighted by Crippen LogP contribution is 2.37. The largest absolute Gasteiger partial charge is 0.437 e. The molecule has 1 amide bonds. The molecule has 0 aliphatic heterocycles. The molecule has 0 aliphatic carbocycles. The van der Waals surface area contributed by atoms with Gasteiger partial charge in [-0.3, -0.25) is 0 Å². The molecule has 3 rings (SSSR count). The Morgan fingerprint density at radius 3 is 2.42 bits per heavy atom. The second-order valence-corrected chi connectivity index (χ2v) is 5.43. The minimum atomic E-state index is -4.56. The number of aryl methyl sites for hydroxylation is 1. The lowest BCUT2D eigenvalue weighted by molar-refractivity contribution is -0.138. The molecule has 0 saturated carbocycles. The lowest BCUT2D eigenvalue weighted by Gasteiger charge is -2.11. The highest BCUT2D eigenvalue weighted by atomic mass is 19.4. The van der Waals surface area contributed by atoms with Crippen molar-refractivity contribution in [2.24, 2.45) is 0 Å². The molecular weight excluding hydrogens is 347 g/mol. The van der Waals surface area contributed by atoms with Gasteiger partial charge in [0.25, 0.3) is 0 Å². The van der Waals surface area contributed by atoms with Crippen LogP contribution in [0, 0.1) is 6.92 Å². The van der Waals surface area contributed by atoms with Crippen molar-refractivity contribution in [3.63, 3.8) is 0 Å². The van der Waals surface area contributed by atoms with Crippen LogP contribution in [0.2, 0.25) is 0 Å². The summed E-state index contributed by atoms with van der Waals surface area (Å²) in [6.45, 7) is 1.60. The molecular formula is C18H14F3N3O2. The van der Waals surface area contributed by atoms with Crippen molar-refractivity contribution in [1.29, 1.82) is 0 Å². The van der Waals surface area contributed by atoms with Crippen LogP contribution in [0.4, 0.5) is 23.7 Å². The number of alkyl halides is 3. The third-order valence-corrected chi connectivity index (χ3v) is 3.49. The van der Waals surface area contributed by atoms with Gasteiger partial charge in [-0.25, -0.2) is 4.79 Å². The summed E-state index contributed by atoms with van der Waals surface area (Å²) in [5.41, 5.74) is 0.0659. The first-order chi connectivity index (χ1) is 12.3. The van der Waals surface area contributed by atoms with Crippen LogP contribution in [-0.4, -0.2) is 15.8 Å². The van der Waals surface area contributed by atoms with Gasteiger partial charge in [0.1, 0.15) is 5.75 Å². The second-order valence-electron chi connectivity index (χ2n) is 5.43. The van der Waals surface area contributed by atoms with Crippen molar-refractivity contribution < 1.29 is 22.7 Å². The number of nitrogens with zero attached hydrogens (tertiary/aromatic N) is 2. The number of amides is 1. The normalized spacial score (nSPS) is 11.2. The summed E-state index contributed by atoms with van der Waals surface area (Å²) in [4.78, 5) is 12.3. The Kier molecular flexibility index (Phi) is 4.66. The molecule has 0 aliphatic rings. The second kappa shape index (κ2) is 6.91. The summed E-state index contributed by atoms with van der Waals surface area (Å²) in [6, 6.07) is 14.4. The van der Waals surface area contributed by atoms with Crippen LogP contribution < -0.4 is 10.1 Å². The molecule has 0 fully saturated rings. The van der Waals surface area contributed by atoms with E-state index in [0.717, 1.165) is 10.7 Å². The van der Waals surface area contributed by atoms with E-state index in [4.69, 9.17) is 4.74 Å². The monoisotopic (exact) mass is 361 g/mol. The Bertz CT molecular complexity index is 921. The molecule has 0 radical (unpaired) electrons. The summed E-state index contributed by atoms with van der Waals surface area (Å²) in [5, 5.41) is 6.58. The molecule has 1 aromatic heterocycles. The summed E-state index contributed by atoms with van der Waals surface area (Å²) in [7, 11) is 0. The summed E-state index contributed by atoms with van der Waals surface area (Å²) < 4.78 is 45.4. The lowest BCUT2D eigenvalue weighted by Crippen LogP contribution is -2.21. The number of carbonyl (C=O) groups is 1. The molecule has 2 aromatic carbocycles. The van der Waals surface area contributed by atoms with E-state index in [1.54, 1.807) is 37.3 Å².